The zero-order valence-corrected chi connectivity index (χ0v) is 11.1. The Morgan fingerprint density at radius 2 is 2.11 bits per heavy atom. The number of nitrogen functional groups attached to an aromatic ring is 1. The number of amides is 1. The first kappa shape index (κ1) is 14.6. The van der Waals surface area contributed by atoms with Crippen molar-refractivity contribution in [2.24, 2.45) is 0 Å². The Bertz CT molecular complexity index is 499. The second kappa shape index (κ2) is 7.07. The fourth-order valence-electron chi connectivity index (χ4n) is 1.29. The number of nitrogens with zero attached hydrogens (tertiary/aromatic N) is 1. The lowest BCUT2D eigenvalue weighted by Crippen LogP contribution is -2.33. The molecule has 1 rings (SSSR count). The maximum Gasteiger partial charge on any atom is 0.263 e. The lowest BCUT2D eigenvalue weighted by Gasteiger charge is -2.10. The number of carbonyl (C=O) groups is 1. The molecule has 5 heteroatoms. The zero-order valence-electron chi connectivity index (χ0n) is 11.1. The number of nitriles is 1. The van der Waals surface area contributed by atoms with Gasteiger partial charge in [-0.3, -0.25) is 4.79 Å². The highest BCUT2D eigenvalue weighted by atomic mass is 16.1. The molecule has 0 aliphatic heterocycles. The second-order valence-corrected chi connectivity index (χ2v) is 4.22. The van der Waals surface area contributed by atoms with Crippen LogP contribution in [0.3, 0.4) is 0 Å². The van der Waals surface area contributed by atoms with Gasteiger partial charge in [0.2, 0.25) is 0 Å². The van der Waals surface area contributed by atoms with Crippen LogP contribution in [0.5, 0.6) is 0 Å². The van der Waals surface area contributed by atoms with Gasteiger partial charge in [-0.05, 0) is 37.6 Å². The van der Waals surface area contributed by atoms with Crippen LogP contribution in [0.25, 0.3) is 0 Å². The normalized spacial score (nSPS) is 12.4. The molecule has 0 heterocycles. The Hall–Kier alpha value is -2.48. The monoisotopic (exact) mass is 258 g/mol. The lowest BCUT2D eigenvalue weighted by molar-refractivity contribution is -0.117. The van der Waals surface area contributed by atoms with Gasteiger partial charge in [0.15, 0.2) is 0 Å². The van der Waals surface area contributed by atoms with E-state index in [1.165, 1.54) is 6.20 Å². The van der Waals surface area contributed by atoms with Crippen LogP contribution in [0, 0.1) is 11.3 Å². The summed E-state index contributed by atoms with van der Waals surface area (Å²) in [4.78, 5) is 11.8. The van der Waals surface area contributed by atoms with Crippen LogP contribution < -0.4 is 16.4 Å². The number of hydrogen-bond donors (Lipinski definition) is 3. The van der Waals surface area contributed by atoms with Crippen LogP contribution in [0.4, 0.5) is 11.4 Å². The fourth-order valence-corrected chi connectivity index (χ4v) is 1.29. The van der Waals surface area contributed by atoms with Crippen molar-refractivity contribution in [1.29, 1.82) is 5.26 Å². The molecule has 0 saturated heterocycles. The molecule has 4 N–H and O–H groups in total. The fraction of sp³-hybridized carbons (Fsp3) is 0.286. The first-order valence-corrected chi connectivity index (χ1v) is 6.10. The Balaban J connectivity index is 2.69. The van der Waals surface area contributed by atoms with Gasteiger partial charge >= 0.3 is 0 Å². The summed E-state index contributed by atoms with van der Waals surface area (Å²) in [7, 11) is 0. The molecule has 19 heavy (non-hydrogen) atoms. The smallest absolute Gasteiger partial charge is 0.263 e. The molecule has 0 aliphatic rings. The maximum atomic E-state index is 11.8. The summed E-state index contributed by atoms with van der Waals surface area (Å²) >= 11 is 0. The third kappa shape index (κ3) is 4.72. The molecule has 0 radical (unpaired) electrons. The van der Waals surface area contributed by atoms with Crippen molar-refractivity contribution < 1.29 is 4.79 Å². The molecule has 0 spiro atoms. The Labute approximate surface area is 113 Å². The molecule has 1 aromatic carbocycles. The number of nitrogens with two attached hydrogens (primary N) is 1. The highest BCUT2D eigenvalue weighted by Crippen LogP contribution is 2.10. The Morgan fingerprint density at radius 3 is 2.63 bits per heavy atom. The van der Waals surface area contributed by atoms with E-state index < -0.39 is 0 Å². The molecular formula is C14H18N4O. The number of carbonyl (C=O) groups excluding carboxylic acids is 1. The van der Waals surface area contributed by atoms with Gasteiger partial charge in [-0.2, -0.15) is 5.26 Å². The van der Waals surface area contributed by atoms with E-state index in [0.29, 0.717) is 5.69 Å². The third-order valence-electron chi connectivity index (χ3n) is 2.65. The van der Waals surface area contributed by atoms with Crippen molar-refractivity contribution in [3.05, 3.63) is 36.0 Å². The predicted molar refractivity (Wildman–Crippen MR) is 76.1 cm³/mol. The van der Waals surface area contributed by atoms with Gasteiger partial charge in [0.05, 0.1) is 0 Å². The van der Waals surface area contributed by atoms with E-state index in [0.717, 1.165) is 12.1 Å². The van der Waals surface area contributed by atoms with Crippen molar-refractivity contribution >= 4 is 17.3 Å². The topological polar surface area (TPSA) is 90.9 Å². The van der Waals surface area contributed by atoms with Gasteiger partial charge in [-0.1, -0.05) is 6.92 Å². The van der Waals surface area contributed by atoms with E-state index in [-0.39, 0.29) is 17.5 Å². The maximum absolute atomic E-state index is 11.8. The van der Waals surface area contributed by atoms with Crippen LogP contribution in [0.1, 0.15) is 20.3 Å². The van der Waals surface area contributed by atoms with E-state index in [9.17, 15) is 4.79 Å². The molecule has 5 nitrogen and oxygen atoms in total. The summed E-state index contributed by atoms with van der Waals surface area (Å²) in [5.41, 5.74) is 7.03. The van der Waals surface area contributed by atoms with Gasteiger partial charge in [-0.25, -0.2) is 0 Å². The molecule has 1 atom stereocenters. The van der Waals surface area contributed by atoms with Crippen molar-refractivity contribution in [3.63, 3.8) is 0 Å². The molecule has 0 aliphatic carbocycles. The molecule has 1 amide bonds. The molecule has 0 bridgehead atoms. The SMILES string of the molecule is CCC(C)NC(=O)/C(C#N)=C\Nc1ccc(N)cc1. The van der Waals surface area contributed by atoms with Crippen molar-refractivity contribution in [2.45, 2.75) is 26.3 Å². The summed E-state index contributed by atoms with van der Waals surface area (Å²) in [6, 6.07) is 8.93. The number of hydrogen-bond acceptors (Lipinski definition) is 4. The van der Waals surface area contributed by atoms with Crippen molar-refractivity contribution in [3.8, 4) is 6.07 Å². The lowest BCUT2D eigenvalue weighted by atomic mass is 10.2. The van der Waals surface area contributed by atoms with E-state index in [2.05, 4.69) is 10.6 Å². The van der Waals surface area contributed by atoms with Crippen molar-refractivity contribution in [2.75, 3.05) is 11.1 Å². The average Bonchev–Trinajstić information content (AvgIpc) is 2.41. The minimum absolute atomic E-state index is 0.0390. The first-order chi connectivity index (χ1) is 9.06. The molecule has 100 valence electrons. The summed E-state index contributed by atoms with van der Waals surface area (Å²) in [6.45, 7) is 3.85. The summed E-state index contributed by atoms with van der Waals surface area (Å²) in [5, 5.41) is 14.6. The number of nitrogens with one attached hydrogen (secondary N) is 2. The summed E-state index contributed by atoms with van der Waals surface area (Å²) < 4.78 is 0. The standard InChI is InChI=1S/C14H18N4O/c1-3-10(2)18-14(19)11(8-15)9-17-13-6-4-12(16)5-7-13/h4-7,9-10,17H,3,16H2,1-2H3,(H,18,19)/b11-9-. The average molecular weight is 258 g/mol. The zero-order chi connectivity index (χ0) is 14.3. The quantitative estimate of drug-likeness (QED) is 0.428. The van der Waals surface area contributed by atoms with Crippen LogP contribution >= 0.6 is 0 Å². The predicted octanol–water partition coefficient (Wildman–Crippen LogP) is 2.00. The molecule has 1 unspecified atom stereocenters. The third-order valence-corrected chi connectivity index (χ3v) is 2.65. The first-order valence-electron chi connectivity index (χ1n) is 6.10. The number of rotatable bonds is 5. The van der Waals surface area contributed by atoms with Crippen LogP contribution in [-0.2, 0) is 4.79 Å². The van der Waals surface area contributed by atoms with Crippen molar-refractivity contribution in [1.82, 2.24) is 5.32 Å². The highest BCUT2D eigenvalue weighted by molar-refractivity contribution is 5.97. The Kier molecular flexibility index (Phi) is 5.42. The largest absolute Gasteiger partial charge is 0.399 e. The summed E-state index contributed by atoms with van der Waals surface area (Å²) in [6.07, 6.45) is 2.21. The van der Waals surface area contributed by atoms with Gasteiger partial charge in [0.1, 0.15) is 11.6 Å². The number of anilines is 2. The number of benzene rings is 1. The molecular weight excluding hydrogens is 240 g/mol. The minimum Gasteiger partial charge on any atom is -0.399 e. The van der Waals surface area contributed by atoms with Crippen LogP contribution in [0.15, 0.2) is 36.0 Å². The van der Waals surface area contributed by atoms with E-state index in [4.69, 9.17) is 11.0 Å². The van der Waals surface area contributed by atoms with Gasteiger partial charge in [0, 0.05) is 23.6 Å². The second-order valence-electron chi connectivity index (χ2n) is 4.22. The van der Waals surface area contributed by atoms with E-state index in [1.54, 1.807) is 24.3 Å². The van der Waals surface area contributed by atoms with Crippen LogP contribution in [-0.4, -0.2) is 11.9 Å². The van der Waals surface area contributed by atoms with E-state index >= 15 is 0 Å². The van der Waals surface area contributed by atoms with Gasteiger partial charge in [-0.15, -0.1) is 0 Å². The van der Waals surface area contributed by atoms with Crippen LogP contribution in [0.2, 0.25) is 0 Å². The molecule has 1 aromatic rings. The molecule has 0 fully saturated rings. The Morgan fingerprint density at radius 1 is 1.47 bits per heavy atom. The summed E-state index contributed by atoms with van der Waals surface area (Å²) in [5.74, 6) is -0.375. The molecule has 0 aromatic heterocycles. The highest BCUT2D eigenvalue weighted by Gasteiger charge is 2.10. The minimum atomic E-state index is -0.375. The van der Waals surface area contributed by atoms with Gasteiger partial charge < -0.3 is 16.4 Å². The van der Waals surface area contributed by atoms with Gasteiger partial charge in [0.25, 0.3) is 5.91 Å². The molecule has 0 saturated carbocycles. The van der Waals surface area contributed by atoms with E-state index in [1.807, 2.05) is 19.9 Å².